The summed E-state index contributed by atoms with van der Waals surface area (Å²) in [5.41, 5.74) is -1.97. The maximum Gasteiger partial charge on any atom is 0.336 e. The van der Waals surface area contributed by atoms with Crippen molar-refractivity contribution in [3.05, 3.63) is 123 Å². The highest BCUT2D eigenvalue weighted by molar-refractivity contribution is 6.04. The Morgan fingerprint density at radius 2 is 1.44 bits per heavy atom. The number of carbonyl (C=O) groups is 2. The molecule has 0 fully saturated rings. The van der Waals surface area contributed by atoms with Crippen LogP contribution in [0.3, 0.4) is 0 Å². The van der Waals surface area contributed by atoms with Crippen molar-refractivity contribution in [2.75, 3.05) is 19.7 Å². The summed E-state index contributed by atoms with van der Waals surface area (Å²) in [6, 6.07) is 17.9. The molecule has 0 bridgehead atoms. The molecular weight excluding hydrogens is 619 g/mol. The zero-order chi connectivity index (χ0) is 31.8. The normalized spacial score (nSPS) is 17.0. The van der Waals surface area contributed by atoms with Crippen molar-refractivity contribution in [1.29, 1.82) is 0 Å². The van der Waals surface area contributed by atoms with E-state index in [0.717, 1.165) is 5.56 Å². The van der Waals surface area contributed by atoms with Gasteiger partial charge in [0.15, 0.2) is 29.1 Å². The van der Waals surface area contributed by atoms with E-state index in [1.54, 1.807) is 49.1 Å². The van der Waals surface area contributed by atoms with Gasteiger partial charge in [0.1, 0.15) is 18.0 Å². The number of dihydropyridines is 1. The lowest BCUT2D eigenvalue weighted by Crippen LogP contribution is -2.46. The van der Waals surface area contributed by atoms with Gasteiger partial charge in [-0.05, 0) is 38.5 Å². The Hall–Kier alpha value is -4.22. The fraction of sp³-hybridized carbons (Fsp3) is 0.273. The van der Waals surface area contributed by atoms with Gasteiger partial charge in [-0.25, -0.2) is 26.7 Å². The van der Waals surface area contributed by atoms with Gasteiger partial charge in [-0.15, -0.1) is 12.4 Å². The van der Waals surface area contributed by atoms with Gasteiger partial charge >= 0.3 is 5.97 Å². The van der Waals surface area contributed by atoms with Gasteiger partial charge < -0.3 is 14.8 Å². The first kappa shape index (κ1) is 33.7. The van der Waals surface area contributed by atoms with Gasteiger partial charge in [0.2, 0.25) is 5.82 Å². The number of allylic oxidation sites excluding steroid dienone is 1. The van der Waals surface area contributed by atoms with E-state index in [0.29, 0.717) is 12.3 Å². The predicted molar refractivity (Wildman–Crippen MR) is 158 cm³/mol. The molecule has 2 heterocycles. The SMILES string of the molecule is CC1=C(C(=O)OCC(C)(C)Oc2ccccc2)C(c2c(F)c(F)c(F)c(F)c2F)C2=C(CN(Cc3ccccc3)CC2=O)N1.Cl. The topological polar surface area (TPSA) is 67.9 Å². The molecule has 45 heavy (non-hydrogen) atoms. The molecule has 12 heteroatoms. The van der Waals surface area contributed by atoms with Gasteiger partial charge in [-0.1, -0.05) is 48.5 Å². The molecule has 0 radical (unpaired) electrons. The van der Waals surface area contributed by atoms with E-state index < -0.39 is 63.5 Å². The third-order valence-corrected chi connectivity index (χ3v) is 7.38. The van der Waals surface area contributed by atoms with E-state index in [4.69, 9.17) is 9.47 Å². The van der Waals surface area contributed by atoms with Crippen molar-refractivity contribution in [2.24, 2.45) is 0 Å². The lowest BCUT2D eigenvalue weighted by atomic mass is 9.76. The van der Waals surface area contributed by atoms with Gasteiger partial charge in [0.25, 0.3) is 0 Å². The number of halogens is 6. The molecule has 1 unspecified atom stereocenters. The average Bonchev–Trinajstić information content (AvgIpc) is 2.98. The molecule has 2 aliphatic heterocycles. The standard InChI is InChI=1S/C33H29F5N2O4.ClH/c1-18-23(32(42)43-17-33(2,3)44-20-12-8-5-9-13-20)25(26-27(34)29(36)31(38)30(37)28(26)35)24-21(39-18)15-40(16-22(24)41)14-19-10-6-4-7-11-19;/h4-13,25,39H,14-17H2,1-3H3;1H. The van der Waals surface area contributed by atoms with E-state index in [9.17, 15) is 22.8 Å². The fourth-order valence-electron chi connectivity index (χ4n) is 5.46. The molecule has 0 saturated heterocycles. The summed E-state index contributed by atoms with van der Waals surface area (Å²) in [5.74, 6) is -14.2. The van der Waals surface area contributed by atoms with Crippen LogP contribution in [0.4, 0.5) is 22.0 Å². The first-order valence-electron chi connectivity index (χ1n) is 13.8. The van der Waals surface area contributed by atoms with E-state index in [1.165, 1.54) is 6.92 Å². The highest BCUT2D eigenvalue weighted by Crippen LogP contribution is 2.44. The minimum absolute atomic E-state index is 0. The third kappa shape index (κ3) is 6.89. The van der Waals surface area contributed by atoms with Crippen LogP contribution in [-0.2, 0) is 20.9 Å². The average molecular weight is 649 g/mol. The molecule has 3 aromatic carbocycles. The number of rotatable bonds is 8. The van der Waals surface area contributed by atoms with E-state index in [-0.39, 0.29) is 49.1 Å². The quantitative estimate of drug-likeness (QED) is 0.130. The third-order valence-electron chi connectivity index (χ3n) is 7.38. The van der Waals surface area contributed by atoms with Crippen LogP contribution in [0.15, 0.2) is 83.2 Å². The summed E-state index contributed by atoms with van der Waals surface area (Å²) >= 11 is 0. The molecular formula is C33H30ClF5N2O4. The molecule has 238 valence electrons. The first-order chi connectivity index (χ1) is 20.9. The van der Waals surface area contributed by atoms with Crippen LogP contribution in [0.1, 0.15) is 37.8 Å². The monoisotopic (exact) mass is 648 g/mol. The van der Waals surface area contributed by atoms with Crippen LogP contribution in [0.5, 0.6) is 5.75 Å². The summed E-state index contributed by atoms with van der Waals surface area (Å²) in [6.45, 7) is 4.56. The number of esters is 1. The first-order valence-corrected chi connectivity index (χ1v) is 13.8. The largest absolute Gasteiger partial charge is 0.484 e. The number of nitrogens with zero attached hydrogens (tertiary/aromatic N) is 1. The Kier molecular flexibility index (Phi) is 10.0. The van der Waals surface area contributed by atoms with E-state index >= 15 is 8.78 Å². The number of ether oxygens (including phenoxy) is 2. The number of Topliss-reactive ketones (excluding diaryl/α,β-unsaturated/α-hetero) is 1. The number of hydrogen-bond donors (Lipinski definition) is 1. The molecule has 0 saturated carbocycles. The molecule has 6 nitrogen and oxygen atoms in total. The van der Waals surface area contributed by atoms with Gasteiger partial charge in [-0.3, -0.25) is 9.69 Å². The van der Waals surface area contributed by atoms with Crippen LogP contribution in [0.25, 0.3) is 0 Å². The van der Waals surface area contributed by atoms with Crippen molar-refractivity contribution in [3.8, 4) is 5.75 Å². The Morgan fingerprint density at radius 1 is 0.889 bits per heavy atom. The number of carbonyl (C=O) groups excluding carboxylic acids is 2. The number of benzene rings is 3. The maximum atomic E-state index is 15.3. The number of hydrogen-bond acceptors (Lipinski definition) is 6. The molecule has 0 aliphatic carbocycles. The predicted octanol–water partition coefficient (Wildman–Crippen LogP) is 6.50. The van der Waals surface area contributed by atoms with Crippen LogP contribution < -0.4 is 10.1 Å². The highest BCUT2D eigenvalue weighted by Gasteiger charge is 2.45. The van der Waals surface area contributed by atoms with Crippen LogP contribution in [-0.4, -0.2) is 41.9 Å². The van der Waals surface area contributed by atoms with Gasteiger partial charge in [0, 0.05) is 35.6 Å². The smallest absolute Gasteiger partial charge is 0.336 e. The summed E-state index contributed by atoms with van der Waals surface area (Å²) in [5, 5.41) is 2.97. The molecule has 1 atom stereocenters. The van der Waals surface area contributed by atoms with Crippen molar-refractivity contribution in [3.63, 3.8) is 0 Å². The van der Waals surface area contributed by atoms with E-state index in [1.807, 2.05) is 30.3 Å². The second kappa shape index (κ2) is 13.4. The van der Waals surface area contributed by atoms with Crippen molar-refractivity contribution < 1.29 is 41.0 Å². The molecule has 1 N–H and O–H groups in total. The lowest BCUT2D eigenvalue weighted by molar-refractivity contribution is -0.144. The van der Waals surface area contributed by atoms with Crippen molar-refractivity contribution in [2.45, 2.75) is 38.8 Å². The van der Waals surface area contributed by atoms with Crippen molar-refractivity contribution in [1.82, 2.24) is 10.2 Å². The summed E-state index contributed by atoms with van der Waals surface area (Å²) in [6.07, 6.45) is 0. The fourth-order valence-corrected chi connectivity index (χ4v) is 5.46. The minimum Gasteiger partial charge on any atom is -0.484 e. The molecule has 3 aromatic rings. The molecule has 0 spiro atoms. The molecule has 0 amide bonds. The highest BCUT2D eigenvalue weighted by atomic mass is 35.5. The van der Waals surface area contributed by atoms with Crippen LogP contribution >= 0.6 is 12.4 Å². The summed E-state index contributed by atoms with van der Waals surface area (Å²) < 4.78 is 85.1. The Balaban J connectivity index is 0.00000461. The number of para-hydroxylation sites is 1. The maximum absolute atomic E-state index is 15.3. The second-order valence-corrected chi connectivity index (χ2v) is 11.3. The Bertz CT molecular complexity index is 1650. The molecule has 5 rings (SSSR count). The zero-order valence-corrected chi connectivity index (χ0v) is 25.4. The van der Waals surface area contributed by atoms with Gasteiger partial charge in [-0.2, -0.15) is 0 Å². The summed E-state index contributed by atoms with van der Waals surface area (Å²) in [7, 11) is 0. The Morgan fingerprint density at radius 3 is 2.04 bits per heavy atom. The second-order valence-electron chi connectivity index (χ2n) is 11.3. The van der Waals surface area contributed by atoms with Gasteiger partial charge in [0.05, 0.1) is 18.0 Å². The lowest BCUT2D eigenvalue weighted by Gasteiger charge is -2.38. The van der Waals surface area contributed by atoms with Crippen molar-refractivity contribution >= 4 is 24.2 Å². The van der Waals surface area contributed by atoms with Crippen LogP contribution in [0.2, 0.25) is 0 Å². The minimum atomic E-state index is -2.35. The number of nitrogens with one attached hydrogen (secondary N) is 1. The van der Waals surface area contributed by atoms with E-state index in [2.05, 4.69) is 5.32 Å². The summed E-state index contributed by atoms with van der Waals surface area (Å²) in [4.78, 5) is 29.0. The van der Waals surface area contributed by atoms with Crippen LogP contribution in [0, 0.1) is 29.1 Å². The zero-order valence-electron chi connectivity index (χ0n) is 24.6. The molecule has 2 aliphatic rings. The Labute approximate surface area is 262 Å². The number of ketones is 1. The molecule has 0 aromatic heterocycles.